The number of H-pyrrole nitrogens is 1. The first kappa shape index (κ1) is 14.5. The number of benzene rings is 1. The first-order valence-electron chi connectivity index (χ1n) is 6.62. The number of hydrogen-bond donors (Lipinski definition) is 2. The van der Waals surface area contributed by atoms with Crippen LogP contribution in [-0.2, 0) is 12.7 Å². The summed E-state index contributed by atoms with van der Waals surface area (Å²) in [6.07, 6.45) is -2.89. The van der Waals surface area contributed by atoms with Gasteiger partial charge in [-0.15, -0.1) is 0 Å². The summed E-state index contributed by atoms with van der Waals surface area (Å²) in [6.45, 7) is 0.371. The number of rotatable bonds is 1. The molecule has 7 heteroatoms. The van der Waals surface area contributed by atoms with Crippen molar-refractivity contribution in [2.24, 2.45) is 0 Å². The van der Waals surface area contributed by atoms with Gasteiger partial charge in [0.25, 0.3) is 0 Å². The number of hydrogen-bond acceptors (Lipinski definition) is 3. The summed E-state index contributed by atoms with van der Waals surface area (Å²) in [5, 5.41) is 2.91. The summed E-state index contributed by atoms with van der Waals surface area (Å²) in [6, 6.07) is 9.17. The molecule has 2 heterocycles. The first-order valence-corrected chi connectivity index (χ1v) is 6.62. The van der Waals surface area contributed by atoms with Gasteiger partial charge >= 0.3 is 11.9 Å². The molecular weight excluding hydrogens is 295 g/mol. The number of aromatic nitrogens is 2. The van der Waals surface area contributed by atoms with E-state index in [2.05, 4.69) is 10.3 Å². The van der Waals surface area contributed by atoms with Gasteiger partial charge in [0.05, 0.1) is 5.69 Å². The topological polar surface area (TPSA) is 57.8 Å². The molecule has 4 nitrogen and oxygen atoms in total. The molecule has 0 fully saturated rings. The molecule has 0 radical (unpaired) electrons. The largest absolute Gasteiger partial charge is 0.431 e. The number of nitrogens with zero attached hydrogens (tertiary/aromatic N) is 1. The van der Waals surface area contributed by atoms with E-state index in [1.54, 1.807) is 11.1 Å². The highest BCUT2D eigenvalue weighted by Gasteiger charge is 2.37. The Morgan fingerprint density at radius 1 is 1.14 bits per heavy atom. The average molecular weight is 307 g/mol. The molecule has 1 aliphatic rings. The SMILES string of the molecule is O=c1nc2c(c(C(F)(F)F)[nH]1)CNCC2=Cc1ccccc1. The Labute approximate surface area is 123 Å². The van der Waals surface area contributed by atoms with Crippen molar-refractivity contribution in [1.29, 1.82) is 0 Å². The highest BCUT2D eigenvalue weighted by atomic mass is 19.4. The van der Waals surface area contributed by atoms with E-state index in [-0.39, 0.29) is 17.8 Å². The molecule has 2 aromatic rings. The lowest BCUT2D eigenvalue weighted by molar-refractivity contribution is -0.142. The number of nitrogens with one attached hydrogen (secondary N) is 2. The molecule has 0 unspecified atom stereocenters. The number of fused-ring (bicyclic) bond motifs is 1. The lowest BCUT2D eigenvalue weighted by Gasteiger charge is -2.22. The van der Waals surface area contributed by atoms with E-state index >= 15 is 0 Å². The van der Waals surface area contributed by atoms with Gasteiger partial charge in [0.2, 0.25) is 0 Å². The number of alkyl halides is 3. The van der Waals surface area contributed by atoms with Crippen molar-refractivity contribution in [2.75, 3.05) is 6.54 Å². The minimum atomic E-state index is -4.62. The van der Waals surface area contributed by atoms with Crippen LogP contribution in [0.4, 0.5) is 13.2 Å². The molecule has 0 atom stereocenters. The van der Waals surface area contributed by atoms with Gasteiger partial charge in [-0.05, 0) is 17.2 Å². The van der Waals surface area contributed by atoms with Gasteiger partial charge in [0, 0.05) is 18.7 Å². The zero-order chi connectivity index (χ0) is 15.7. The van der Waals surface area contributed by atoms with E-state index in [9.17, 15) is 18.0 Å². The van der Waals surface area contributed by atoms with E-state index in [4.69, 9.17) is 0 Å². The highest BCUT2D eigenvalue weighted by Crippen LogP contribution is 2.33. The summed E-state index contributed by atoms with van der Waals surface area (Å²) in [7, 11) is 0. The molecular formula is C15H12F3N3O. The fourth-order valence-corrected chi connectivity index (χ4v) is 2.45. The normalized spacial score (nSPS) is 16.6. The zero-order valence-electron chi connectivity index (χ0n) is 11.4. The average Bonchev–Trinajstić information content (AvgIpc) is 2.47. The Bertz CT molecular complexity index is 779. The molecule has 22 heavy (non-hydrogen) atoms. The van der Waals surface area contributed by atoms with Crippen molar-refractivity contribution >= 4 is 11.6 Å². The van der Waals surface area contributed by atoms with E-state index in [0.717, 1.165) is 5.56 Å². The lowest BCUT2D eigenvalue weighted by atomic mass is 9.98. The van der Waals surface area contributed by atoms with Crippen LogP contribution in [-0.4, -0.2) is 16.5 Å². The highest BCUT2D eigenvalue weighted by molar-refractivity contribution is 5.83. The second-order valence-electron chi connectivity index (χ2n) is 4.93. The van der Waals surface area contributed by atoms with E-state index in [1.165, 1.54) is 0 Å². The van der Waals surface area contributed by atoms with Crippen LogP contribution in [0.3, 0.4) is 0 Å². The van der Waals surface area contributed by atoms with E-state index < -0.39 is 17.6 Å². The van der Waals surface area contributed by atoms with Crippen LogP contribution in [0.1, 0.15) is 22.5 Å². The second kappa shape index (κ2) is 5.42. The molecule has 0 spiro atoms. The Balaban J connectivity index is 2.17. The molecule has 1 aromatic heterocycles. The summed E-state index contributed by atoms with van der Waals surface area (Å²) in [5.41, 5.74) is -0.549. The van der Waals surface area contributed by atoms with Crippen LogP contribution < -0.4 is 11.0 Å². The van der Waals surface area contributed by atoms with E-state index in [1.807, 2.05) is 30.3 Å². The Hall–Kier alpha value is -2.41. The van der Waals surface area contributed by atoms with Gasteiger partial charge in [-0.25, -0.2) is 4.79 Å². The lowest BCUT2D eigenvalue weighted by Crippen LogP contribution is -2.32. The van der Waals surface area contributed by atoms with Crippen molar-refractivity contribution in [3.63, 3.8) is 0 Å². The molecule has 1 aliphatic heterocycles. The van der Waals surface area contributed by atoms with Crippen LogP contribution in [0.2, 0.25) is 0 Å². The third-order valence-electron chi connectivity index (χ3n) is 3.38. The molecule has 0 aliphatic carbocycles. The number of halogens is 3. The predicted octanol–water partition coefficient (Wildman–Crippen LogP) is 2.43. The Morgan fingerprint density at radius 2 is 1.86 bits per heavy atom. The summed E-state index contributed by atoms with van der Waals surface area (Å²) in [5.74, 6) is 0. The van der Waals surface area contributed by atoms with Gasteiger partial charge in [0.1, 0.15) is 5.69 Å². The summed E-state index contributed by atoms with van der Waals surface area (Å²) >= 11 is 0. The smallest absolute Gasteiger partial charge is 0.308 e. The van der Waals surface area contributed by atoms with Crippen molar-refractivity contribution in [1.82, 2.24) is 15.3 Å². The fourth-order valence-electron chi connectivity index (χ4n) is 2.45. The Morgan fingerprint density at radius 3 is 2.55 bits per heavy atom. The van der Waals surface area contributed by atoms with Crippen molar-refractivity contribution in [3.05, 3.63) is 63.3 Å². The quantitative estimate of drug-likeness (QED) is 0.851. The van der Waals surface area contributed by atoms with Crippen LogP contribution in [0, 0.1) is 0 Å². The Kier molecular flexibility index (Phi) is 3.58. The van der Waals surface area contributed by atoms with Crippen molar-refractivity contribution in [3.8, 4) is 0 Å². The third kappa shape index (κ3) is 2.80. The molecule has 2 N–H and O–H groups in total. The predicted molar refractivity (Wildman–Crippen MR) is 75.9 cm³/mol. The zero-order valence-corrected chi connectivity index (χ0v) is 11.4. The van der Waals surface area contributed by atoms with Crippen molar-refractivity contribution < 1.29 is 13.2 Å². The van der Waals surface area contributed by atoms with Crippen molar-refractivity contribution in [2.45, 2.75) is 12.7 Å². The molecule has 0 bridgehead atoms. The molecule has 0 saturated carbocycles. The van der Waals surface area contributed by atoms with Gasteiger partial charge in [-0.1, -0.05) is 30.3 Å². The van der Waals surface area contributed by atoms with Gasteiger partial charge < -0.3 is 10.3 Å². The van der Waals surface area contributed by atoms with Crippen LogP contribution in [0.5, 0.6) is 0 Å². The summed E-state index contributed by atoms with van der Waals surface area (Å²) in [4.78, 5) is 17.0. The first-order chi connectivity index (χ1) is 10.4. The maximum atomic E-state index is 13.1. The van der Waals surface area contributed by atoms with Crippen LogP contribution in [0.25, 0.3) is 11.6 Å². The fraction of sp³-hybridized carbons (Fsp3) is 0.200. The minimum absolute atomic E-state index is 0.0140. The minimum Gasteiger partial charge on any atom is -0.308 e. The summed E-state index contributed by atoms with van der Waals surface area (Å²) < 4.78 is 39.2. The van der Waals surface area contributed by atoms with Crippen LogP contribution >= 0.6 is 0 Å². The monoisotopic (exact) mass is 307 g/mol. The molecule has 114 valence electrons. The van der Waals surface area contributed by atoms with Gasteiger partial charge in [0.15, 0.2) is 0 Å². The van der Waals surface area contributed by atoms with Gasteiger partial charge in [-0.2, -0.15) is 18.2 Å². The maximum Gasteiger partial charge on any atom is 0.431 e. The molecule has 0 amide bonds. The third-order valence-corrected chi connectivity index (χ3v) is 3.38. The number of aromatic amines is 1. The molecule has 1 aromatic carbocycles. The van der Waals surface area contributed by atoms with E-state index in [0.29, 0.717) is 12.1 Å². The van der Waals surface area contributed by atoms with Gasteiger partial charge in [-0.3, -0.25) is 0 Å². The molecule has 3 rings (SSSR count). The molecule has 0 saturated heterocycles. The maximum absolute atomic E-state index is 13.1. The van der Waals surface area contributed by atoms with Crippen LogP contribution in [0.15, 0.2) is 35.1 Å². The standard InChI is InChI=1S/C15H12F3N3O/c16-15(17,18)13-11-8-19-7-10(12(11)20-14(22)21-13)6-9-4-2-1-3-5-9/h1-6,19H,7-8H2,(H,20,21,22). The second-order valence-corrected chi connectivity index (χ2v) is 4.93.